The van der Waals surface area contributed by atoms with Crippen LogP contribution in [0.25, 0.3) is 0 Å². The number of benzene rings is 1. The summed E-state index contributed by atoms with van der Waals surface area (Å²) in [5, 5.41) is 0.909. The fraction of sp³-hybridized carbons (Fsp3) is 0.100. The van der Waals surface area contributed by atoms with Gasteiger partial charge in [-0.3, -0.25) is 0 Å². The van der Waals surface area contributed by atoms with Crippen molar-refractivity contribution < 1.29 is 4.74 Å². The number of rotatable bonds is 3. The van der Waals surface area contributed by atoms with Gasteiger partial charge in [-0.15, -0.1) is 0 Å². The second-order valence-corrected chi connectivity index (χ2v) is 5.19. The quantitative estimate of drug-likeness (QED) is 0.936. The molecule has 0 radical (unpaired) electrons. The highest BCUT2D eigenvalue weighted by atomic mass is 79.9. The molecule has 84 valence electrons. The number of nitrogens with two attached hydrogens (primary N) is 1. The summed E-state index contributed by atoms with van der Waals surface area (Å²) in [5.74, 6) is 0.705. The standard InChI is InChI=1S/C10H8BrClN2OS/c11-6-3-1-2-4-7(6)15-10-14-9(12)8(5-13)16-10/h1-4H,5,13H2. The molecule has 6 heteroatoms. The minimum atomic E-state index is 0.371. The Hall–Kier alpha value is -0.620. The topological polar surface area (TPSA) is 48.1 Å². The van der Waals surface area contributed by atoms with Crippen molar-refractivity contribution in [1.82, 2.24) is 4.98 Å². The Morgan fingerprint density at radius 2 is 2.19 bits per heavy atom. The number of ether oxygens (including phenoxy) is 1. The van der Waals surface area contributed by atoms with E-state index in [1.165, 1.54) is 11.3 Å². The first-order valence-electron chi connectivity index (χ1n) is 4.48. The van der Waals surface area contributed by atoms with Crippen molar-refractivity contribution in [1.29, 1.82) is 0 Å². The predicted molar refractivity (Wildman–Crippen MR) is 69.2 cm³/mol. The summed E-state index contributed by atoms with van der Waals surface area (Å²) in [6.45, 7) is 0.371. The lowest BCUT2D eigenvalue weighted by Crippen LogP contribution is -1.92. The summed E-state index contributed by atoms with van der Waals surface area (Å²) < 4.78 is 6.46. The molecular weight excluding hydrogens is 312 g/mol. The molecule has 0 aliphatic rings. The molecular formula is C10H8BrClN2OS. The molecule has 1 heterocycles. The molecule has 0 spiro atoms. The summed E-state index contributed by atoms with van der Waals surface area (Å²) in [5.41, 5.74) is 5.51. The van der Waals surface area contributed by atoms with Gasteiger partial charge in [0, 0.05) is 6.54 Å². The van der Waals surface area contributed by atoms with E-state index in [4.69, 9.17) is 22.1 Å². The fourth-order valence-corrected chi connectivity index (χ4v) is 2.48. The average Bonchev–Trinajstić information content (AvgIpc) is 2.62. The minimum absolute atomic E-state index is 0.371. The summed E-state index contributed by atoms with van der Waals surface area (Å²) >= 11 is 10.6. The van der Waals surface area contributed by atoms with E-state index in [1.807, 2.05) is 24.3 Å². The van der Waals surface area contributed by atoms with Crippen molar-refractivity contribution in [3.05, 3.63) is 38.8 Å². The third-order valence-corrected chi connectivity index (χ3v) is 3.88. The molecule has 2 rings (SSSR count). The minimum Gasteiger partial charge on any atom is -0.430 e. The van der Waals surface area contributed by atoms with Crippen molar-refractivity contribution in [2.24, 2.45) is 5.73 Å². The van der Waals surface area contributed by atoms with E-state index in [-0.39, 0.29) is 0 Å². The lowest BCUT2D eigenvalue weighted by Gasteiger charge is -2.02. The van der Waals surface area contributed by atoms with Crippen LogP contribution < -0.4 is 10.5 Å². The normalized spacial score (nSPS) is 10.4. The molecule has 0 saturated carbocycles. The maximum Gasteiger partial charge on any atom is 0.280 e. The van der Waals surface area contributed by atoms with Crippen LogP contribution in [0.15, 0.2) is 28.7 Å². The van der Waals surface area contributed by atoms with E-state index >= 15 is 0 Å². The number of aromatic nitrogens is 1. The second-order valence-electron chi connectivity index (χ2n) is 2.93. The predicted octanol–water partition coefficient (Wildman–Crippen LogP) is 3.81. The molecule has 0 bridgehead atoms. The van der Waals surface area contributed by atoms with E-state index in [2.05, 4.69) is 20.9 Å². The number of halogens is 2. The van der Waals surface area contributed by atoms with Crippen molar-refractivity contribution in [2.75, 3.05) is 0 Å². The van der Waals surface area contributed by atoms with Crippen molar-refractivity contribution in [3.8, 4) is 10.9 Å². The van der Waals surface area contributed by atoms with Gasteiger partial charge in [-0.05, 0) is 28.1 Å². The summed E-state index contributed by atoms with van der Waals surface area (Å²) in [6, 6.07) is 7.55. The fourth-order valence-electron chi connectivity index (χ4n) is 1.10. The van der Waals surface area contributed by atoms with Crippen molar-refractivity contribution in [3.63, 3.8) is 0 Å². The van der Waals surface area contributed by atoms with Gasteiger partial charge in [0.05, 0.1) is 9.35 Å². The molecule has 0 unspecified atom stereocenters. The average molecular weight is 320 g/mol. The van der Waals surface area contributed by atoms with Crippen LogP contribution in [0.3, 0.4) is 0 Å². The lowest BCUT2D eigenvalue weighted by molar-refractivity contribution is 0.476. The van der Waals surface area contributed by atoms with Crippen molar-refractivity contribution in [2.45, 2.75) is 6.54 Å². The highest BCUT2D eigenvalue weighted by Gasteiger charge is 2.10. The maximum absolute atomic E-state index is 5.88. The lowest BCUT2D eigenvalue weighted by atomic mass is 10.3. The number of thiazole rings is 1. The monoisotopic (exact) mass is 318 g/mol. The smallest absolute Gasteiger partial charge is 0.280 e. The zero-order chi connectivity index (χ0) is 11.5. The van der Waals surface area contributed by atoms with Gasteiger partial charge < -0.3 is 10.5 Å². The Morgan fingerprint density at radius 3 is 2.81 bits per heavy atom. The van der Waals surface area contributed by atoms with Gasteiger partial charge in [0.25, 0.3) is 5.19 Å². The van der Waals surface area contributed by atoms with Crippen LogP contribution in [-0.2, 0) is 6.54 Å². The van der Waals surface area contributed by atoms with Crippen LogP contribution in [0.1, 0.15) is 4.88 Å². The Labute approximate surface area is 110 Å². The number of para-hydroxylation sites is 1. The molecule has 2 aromatic rings. The highest BCUT2D eigenvalue weighted by Crippen LogP contribution is 2.34. The largest absolute Gasteiger partial charge is 0.430 e. The highest BCUT2D eigenvalue weighted by molar-refractivity contribution is 9.10. The molecule has 0 saturated heterocycles. The van der Waals surface area contributed by atoms with Crippen LogP contribution in [0.4, 0.5) is 0 Å². The molecule has 0 aliphatic carbocycles. The van der Waals surface area contributed by atoms with Gasteiger partial charge in [0.2, 0.25) is 0 Å². The third kappa shape index (κ3) is 2.55. The van der Waals surface area contributed by atoms with Crippen LogP contribution in [0.5, 0.6) is 10.9 Å². The molecule has 0 fully saturated rings. The molecule has 1 aromatic carbocycles. The molecule has 0 aliphatic heterocycles. The molecule has 0 atom stereocenters. The van der Waals surface area contributed by atoms with Crippen LogP contribution in [-0.4, -0.2) is 4.98 Å². The van der Waals surface area contributed by atoms with E-state index < -0.39 is 0 Å². The van der Waals surface area contributed by atoms with Crippen molar-refractivity contribution >= 4 is 38.9 Å². The maximum atomic E-state index is 5.88. The van der Waals surface area contributed by atoms with Gasteiger partial charge in [-0.2, -0.15) is 4.98 Å². The van der Waals surface area contributed by atoms with Crippen LogP contribution >= 0.6 is 38.9 Å². The Morgan fingerprint density at radius 1 is 1.44 bits per heavy atom. The number of nitrogens with zero attached hydrogens (tertiary/aromatic N) is 1. The van der Waals surface area contributed by atoms with Gasteiger partial charge >= 0.3 is 0 Å². The molecule has 16 heavy (non-hydrogen) atoms. The Bertz CT molecular complexity index is 503. The zero-order valence-electron chi connectivity index (χ0n) is 8.11. The van der Waals surface area contributed by atoms with Gasteiger partial charge in [-0.1, -0.05) is 35.1 Å². The van der Waals surface area contributed by atoms with Gasteiger partial charge in [0.15, 0.2) is 0 Å². The molecule has 0 amide bonds. The SMILES string of the molecule is NCc1sc(Oc2ccccc2Br)nc1Cl. The number of hydrogen-bond acceptors (Lipinski definition) is 4. The Kier molecular flexibility index (Phi) is 3.81. The van der Waals surface area contributed by atoms with E-state index in [1.54, 1.807) is 0 Å². The molecule has 2 N–H and O–H groups in total. The first-order chi connectivity index (χ1) is 7.70. The third-order valence-electron chi connectivity index (χ3n) is 1.85. The van der Waals surface area contributed by atoms with E-state index in [0.29, 0.717) is 22.6 Å². The number of hydrogen-bond donors (Lipinski definition) is 1. The summed E-state index contributed by atoms with van der Waals surface area (Å²) in [6.07, 6.45) is 0. The first-order valence-corrected chi connectivity index (χ1v) is 6.47. The second kappa shape index (κ2) is 5.14. The molecule has 1 aromatic heterocycles. The van der Waals surface area contributed by atoms with Crippen LogP contribution in [0, 0.1) is 0 Å². The zero-order valence-corrected chi connectivity index (χ0v) is 11.3. The van der Waals surface area contributed by atoms with Crippen LogP contribution in [0.2, 0.25) is 5.15 Å². The molecule has 3 nitrogen and oxygen atoms in total. The van der Waals surface area contributed by atoms with Gasteiger partial charge in [0.1, 0.15) is 10.9 Å². The summed E-state index contributed by atoms with van der Waals surface area (Å²) in [4.78, 5) is 4.90. The van der Waals surface area contributed by atoms with E-state index in [9.17, 15) is 0 Å². The van der Waals surface area contributed by atoms with Gasteiger partial charge in [-0.25, -0.2) is 0 Å². The summed E-state index contributed by atoms with van der Waals surface area (Å²) in [7, 11) is 0. The Balaban J connectivity index is 2.24. The first kappa shape index (κ1) is 11.9. The van der Waals surface area contributed by atoms with E-state index in [0.717, 1.165) is 9.35 Å².